The molecule has 0 aliphatic rings. The minimum atomic E-state index is 0.0396. The van der Waals surface area contributed by atoms with Crippen LogP contribution >= 0.6 is 40.2 Å². The molecular formula is C9H8BrClOS. The number of halogens is 2. The fourth-order valence-corrected chi connectivity index (χ4v) is 1.82. The number of carbonyl (C=O) groups is 1. The minimum Gasteiger partial charge on any atom is -0.294 e. The molecule has 0 aliphatic carbocycles. The first-order valence-corrected chi connectivity index (χ1v) is 5.51. The number of carbonyl (C=O) groups excluding carboxylic acids is 1. The Hall–Kier alpha value is 0.01000. The maximum atomic E-state index is 11.5. The van der Waals surface area contributed by atoms with Crippen molar-refractivity contribution in [3.8, 4) is 0 Å². The molecule has 0 N–H and O–H groups in total. The molecule has 0 atom stereocenters. The summed E-state index contributed by atoms with van der Waals surface area (Å²) in [5, 5.41) is 0. The van der Waals surface area contributed by atoms with Crippen LogP contribution in [-0.2, 0) is 0 Å². The van der Waals surface area contributed by atoms with Gasteiger partial charge in [0, 0.05) is 27.2 Å². The van der Waals surface area contributed by atoms with Crippen LogP contribution in [0, 0.1) is 0 Å². The molecule has 0 unspecified atom stereocenters. The van der Waals surface area contributed by atoms with Gasteiger partial charge in [-0.3, -0.25) is 4.79 Å². The third-order valence-electron chi connectivity index (χ3n) is 1.60. The summed E-state index contributed by atoms with van der Waals surface area (Å²) in [6, 6.07) is 5.39. The first kappa shape index (κ1) is 11.1. The van der Waals surface area contributed by atoms with Crippen molar-refractivity contribution < 1.29 is 4.79 Å². The molecule has 0 amide bonds. The highest BCUT2D eigenvalue weighted by Crippen LogP contribution is 2.25. The van der Waals surface area contributed by atoms with Crippen molar-refractivity contribution in [3.63, 3.8) is 0 Å². The normalized spacial score (nSPS) is 10.1. The van der Waals surface area contributed by atoms with Gasteiger partial charge in [-0.25, -0.2) is 0 Å². The summed E-state index contributed by atoms with van der Waals surface area (Å²) in [7, 11) is 0. The molecule has 0 heterocycles. The lowest BCUT2D eigenvalue weighted by Gasteiger charge is -2.03. The van der Waals surface area contributed by atoms with E-state index in [1.165, 1.54) is 0 Å². The monoisotopic (exact) mass is 278 g/mol. The quantitative estimate of drug-likeness (QED) is 0.509. The molecule has 0 saturated heterocycles. The molecule has 0 saturated carbocycles. The lowest BCUT2D eigenvalue weighted by molar-refractivity contribution is 0.0988. The molecule has 0 aliphatic heterocycles. The van der Waals surface area contributed by atoms with E-state index >= 15 is 0 Å². The highest BCUT2D eigenvalue weighted by Gasteiger charge is 2.10. The maximum Gasteiger partial charge on any atom is 0.165 e. The Morgan fingerprint density at radius 1 is 1.54 bits per heavy atom. The Labute approximate surface area is 96.0 Å². The number of benzene rings is 1. The van der Waals surface area contributed by atoms with Crippen LogP contribution in [0.4, 0.5) is 0 Å². The van der Waals surface area contributed by atoms with E-state index in [2.05, 4.69) is 28.6 Å². The van der Waals surface area contributed by atoms with Crippen molar-refractivity contribution in [3.05, 3.63) is 28.2 Å². The fourth-order valence-electron chi connectivity index (χ4n) is 0.956. The van der Waals surface area contributed by atoms with Crippen LogP contribution in [0.5, 0.6) is 0 Å². The number of thiol groups is 1. The van der Waals surface area contributed by atoms with Gasteiger partial charge in [-0.15, -0.1) is 24.2 Å². The summed E-state index contributed by atoms with van der Waals surface area (Å²) < 4.78 is 0.744. The van der Waals surface area contributed by atoms with Gasteiger partial charge in [0.25, 0.3) is 0 Å². The van der Waals surface area contributed by atoms with Gasteiger partial charge < -0.3 is 0 Å². The average molecular weight is 280 g/mol. The largest absolute Gasteiger partial charge is 0.294 e. The van der Waals surface area contributed by atoms with Gasteiger partial charge in [-0.2, -0.15) is 0 Å². The Bertz CT molecular complexity index is 327. The predicted molar refractivity (Wildman–Crippen MR) is 61.1 cm³/mol. The summed E-state index contributed by atoms with van der Waals surface area (Å²) in [5.41, 5.74) is 0.646. The zero-order valence-electron chi connectivity index (χ0n) is 6.76. The van der Waals surface area contributed by atoms with E-state index in [9.17, 15) is 4.79 Å². The van der Waals surface area contributed by atoms with Crippen molar-refractivity contribution in [2.45, 2.75) is 11.3 Å². The van der Waals surface area contributed by atoms with Gasteiger partial charge in [0.05, 0.1) is 0 Å². The van der Waals surface area contributed by atoms with Crippen LogP contribution in [0.25, 0.3) is 0 Å². The van der Waals surface area contributed by atoms with E-state index in [1.54, 1.807) is 12.1 Å². The summed E-state index contributed by atoms with van der Waals surface area (Å²) in [6.07, 6.45) is 0.359. The molecule has 1 aromatic carbocycles. The van der Waals surface area contributed by atoms with Gasteiger partial charge in [0.2, 0.25) is 0 Å². The average Bonchev–Trinajstić information content (AvgIpc) is 2.10. The van der Waals surface area contributed by atoms with Gasteiger partial charge in [0.1, 0.15) is 0 Å². The molecule has 0 bridgehead atoms. The van der Waals surface area contributed by atoms with Crippen LogP contribution in [-0.4, -0.2) is 11.7 Å². The molecular weight excluding hydrogens is 272 g/mol. The predicted octanol–water partition coefficient (Wildman–Crippen LogP) is 3.55. The van der Waals surface area contributed by atoms with Gasteiger partial charge >= 0.3 is 0 Å². The number of rotatable bonds is 3. The molecule has 0 fully saturated rings. The van der Waals surface area contributed by atoms with E-state index in [0.717, 1.165) is 9.37 Å². The molecule has 1 rings (SSSR count). The van der Waals surface area contributed by atoms with Crippen molar-refractivity contribution >= 4 is 45.9 Å². The maximum absolute atomic E-state index is 11.5. The number of Topliss-reactive ketones (excluding diaryl/α,β-unsaturated/α-hetero) is 1. The third-order valence-corrected chi connectivity index (χ3v) is 3.32. The van der Waals surface area contributed by atoms with E-state index < -0.39 is 0 Å². The van der Waals surface area contributed by atoms with Gasteiger partial charge in [-0.05, 0) is 22.0 Å². The van der Waals surface area contributed by atoms with Crippen molar-refractivity contribution in [2.75, 3.05) is 5.88 Å². The molecule has 1 aromatic rings. The number of hydrogen-bond donors (Lipinski definition) is 1. The number of ketones is 1. The second-order valence-corrected chi connectivity index (χ2v) is 4.15. The van der Waals surface area contributed by atoms with E-state index in [1.807, 2.05) is 6.07 Å². The summed E-state index contributed by atoms with van der Waals surface area (Å²) >= 11 is 13.0. The highest BCUT2D eigenvalue weighted by atomic mass is 79.9. The van der Waals surface area contributed by atoms with Crippen molar-refractivity contribution in [1.29, 1.82) is 0 Å². The first-order valence-electron chi connectivity index (χ1n) is 3.73. The lowest BCUT2D eigenvalue weighted by Crippen LogP contribution is -2.00. The summed E-state index contributed by atoms with van der Waals surface area (Å²) in [5.74, 6) is 0.389. The van der Waals surface area contributed by atoms with E-state index in [-0.39, 0.29) is 5.78 Å². The van der Waals surface area contributed by atoms with Gasteiger partial charge in [-0.1, -0.05) is 12.1 Å². The SMILES string of the molecule is O=C(CCCl)c1cccc(S)c1Br. The van der Waals surface area contributed by atoms with Crippen LogP contribution in [0.2, 0.25) is 0 Å². The lowest BCUT2D eigenvalue weighted by atomic mass is 10.1. The number of alkyl halides is 1. The summed E-state index contributed by atoms with van der Waals surface area (Å²) in [6.45, 7) is 0. The van der Waals surface area contributed by atoms with Crippen LogP contribution in [0.3, 0.4) is 0 Å². The van der Waals surface area contributed by atoms with Crippen molar-refractivity contribution in [1.82, 2.24) is 0 Å². The van der Waals surface area contributed by atoms with Gasteiger partial charge in [0.15, 0.2) is 5.78 Å². The zero-order chi connectivity index (χ0) is 9.84. The second-order valence-electron chi connectivity index (χ2n) is 2.50. The standard InChI is InChI=1S/C9H8BrClOS/c10-9-6(7(12)4-5-11)2-1-3-8(9)13/h1-3,13H,4-5H2. The highest BCUT2D eigenvalue weighted by molar-refractivity contribution is 9.10. The zero-order valence-corrected chi connectivity index (χ0v) is 9.99. The van der Waals surface area contributed by atoms with E-state index in [4.69, 9.17) is 11.6 Å². The van der Waals surface area contributed by atoms with Crippen LogP contribution in [0.15, 0.2) is 27.6 Å². The van der Waals surface area contributed by atoms with E-state index in [0.29, 0.717) is 17.9 Å². The van der Waals surface area contributed by atoms with Crippen LogP contribution < -0.4 is 0 Å². The third kappa shape index (κ3) is 2.73. The molecule has 70 valence electrons. The Kier molecular flexibility index (Phi) is 4.29. The fraction of sp³-hybridized carbons (Fsp3) is 0.222. The molecule has 0 radical (unpaired) electrons. The molecule has 1 nitrogen and oxygen atoms in total. The molecule has 0 spiro atoms. The smallest absolute Gasteiger partial charge is 0.165 e. The number of hydrogen-bond acceptors (Lipinski definition) is 2. The molecule has 13 heavy (non-hydrogen) atoms. The topological polar surface area (TPSA) is 17.1 Å². The Balaban J connectivity index is 3.01. The second kappa shape index (κ2) is 5.03. The minimum absolute atomic E-state index is 0.0396. The van der Waals surface area contributed by atoms with Crippen LogP contribution in [0.1, 0.15) is 16.8 Å². The Morgan fingerprint density at radius 3 is 2.85 bits per heavy atom. The first-order chi connectivity index (χ1) is 6.16. The molecule has 0 aromatic heterocycles. The Morgan fingerprint density at radius 2 is 2.23 bits per heavy atom. The van der Waals surface area contributed by atoms with Crippen molar-refractivity contribution in [2.24, 2.45) is 0 Å². The summed E-state index contributed by atoms with van der Waals surface area (Å²) in [4.78, 5) is 12.2. The molecule has 4 heteroatoms.